The van der Waals surface area contributed by atoms with Crippen LogP contribution in [0, 0.1) is 35.5 Å². The number of carboxylic acid groups (broad SMARTS) is 1. The third-order valence-corrected chi connectivity index (χ3v) is 12.6. The highest BCUT2D eigenvalue weighted by Gasteiger charge is 2.61. The molecule has 0 amide bonds. The Morgan fingerprint density at radius 1 is 1.04 bits per heavy atom. The third-order valence-electron chi connectivity index (χ3n) is 12.6. The van der Waals surface area contributed by atoms with E-state index in [0.717, 1.165) is 19.3 Å². The Labute approximate surface area is 281 Å². The molecule has 274 valence electrons. The van der Waals surface area contributed by atoms with Crippen LogP contribution in [0.3, 0.4) is 0 Å². The molecular formula is C36H64O11. The van der Waals surface area contributed by atoms with Crippen LogP contribution in [0.2, 0.25) is 0 Å². The molecule has 4 rings (SSSR count). The molecule has 0 aromatic heterocycles. The van der Waals surface area contributed by atoms with Crippen molar-refractivity contribution in [3.8, 4) is 0 Å². The average Bonchev–Trinajstić information content (AvgIpc) is 3.74. The molecule has 4 aliphatic heterocycles. The van der Waals surface area contributed by atoms with Crippen LogP contribution in [0.5, 0.6) is 0 Å². The number of rotatable bonds is 14. The lowest BCUT2D eigenvalue weighted by atomic mass is 9.78. The maximum Gasteiger partial charge on any atom is 0.308 e. The van der Waals surface area contributed by atoms with E-state index in [0.29, 0.717) is 32.1 Å². The summed E-state index contributed by atoms with van der Waals surface area (Å²) >= 11 is 0. The Bertz CT molecular complexity index is 1040. The summed E-state index contributed by atoms with van der Waals surface area (Å²) in [6, 6.07) is 0. The van der Waals surface area contributed by atoms with Gasteiger partial charge in [-0.25, -0.2) is 0 Å². The molecule has 0 aliphatic carbocycles. The maximum atomic E-state index is 11.8. The molecule has 0 aromatic rings. The summed E-state index contributed by atoms with van der Waals surface area (Å²) in [5.41, 5.74) is -1.18. The number of carbonyl (C=O) groups is 1. The van der Waals surface area contributed by atoms with E-state index in [9.17, 15) is 30.3 Å². The van der Waals surface area contributed by atoms with Crippen molar-refractivity contribution in [1.82, 2.24) is 0 Å². The Kier molecular flexibility index (Phi) is 12.5. The number of hydrogen-bond acceptors (Lipinski definition) is 10. The summed E-state index contributed by atoms with van der Waals surface area (Å²) in [5, 5.41) is 51.5. The molecule has 4 saturated heterocycles. The highest BCUT2D eigenvalue weighted by molar-refractivity contribution is 5.70. The Morgan fingerprint density at radius 2 is 1.72 bits per heavy atom. The normalized spacial score (nSPS) is 43.8. The van der Waals surface area contributed by atoms with E-state index in [1.807, 2.05) is 27.7 Å². The Hall–Kier alpha value is -0.890. The second kappa shape index (κ2) is 15.2. The largest absolute Gasteiger partial charge is 0.481 e. The molecule has 17 atom stereocenters. The molecule has 0 saturated carbocycles. The Balaban J connectivity index is 1.44. The van der Waals surface area contributed by atoms with Crippen LogP contribution in [0.4, 0.5) is 0 Å². The zero-order chi connectivity index (χ0) is 35.1. The van der Waals surface area contributed by atoms with Crippen molar-refractivity contribution in [2.45, 2.75) is 173 Å². The van der Waals surface area contributed by atoms with Crippen molar-refractivity contribution in [2.24, 2.45) is 35.5 Å². The van der Waals surface area contributed by atoms with E-state index in [2.05, 4.69) is 20.8 Å². The predicted molar refractivity (Wildman–Crippen MR) is 174 cm³/mol. The summed E-state index contributed by atoms with van der Waals surface area (Å²) in [4.78, 5) is 11.8. The monoisotopic (exact) mass is 672 g/mol. The lowest BCUT2D eigenvalue weighted by molar-refractivity contribution is -0.335. The Morgan fingerprint density at radius 3 is 2.32 bits per heavy atom. The van der Waals surface area contributed by atoms with Gasteiger partial charge in [-0.1, -0.05) is 41.5 Å². The molecule has 4 fully saturated rings. The zero-order valence-corrected chi connectivity index (χ0v) is 30.1. The van der Waals surface area contributed by atoms with Gasteiger partial charge >= 0.3 is 5.97 Å². The standard InChI is InChI=1S/C36H64O11/c1-10-35(32-21(4)16-27(44-32)29(40)20(3)15-19(2)26(39)18-37)12-11-28(45-35)34(8)13-14-36(47-34)17-25(38)22(5)31(46-36)23(6)30(43-9)24(7)33(41)42/h19-32,37-40H,10-18H2,1-9H3,(H,41,42)/t19-,20+,21+,22-,23+,24+,25+,26?,27-,28-,29+,30-,31+,32-,34+,35+,36-/m1/s1. The van der Waals surface area contributed by atoms with E-state index in [-0.39, 0.29) is 54.5 Å². The van der Waals surface area contributed by atoms with Crippen LogP contribution in [0.1, 0.15) is 107 Å². The van der Waals surface area contributed by atoms with Gasteiger partial charge < -0.3 is 49.2 Å². The molecular weight excluding hydrogens is 608 g/mol. The van der Waals surface area contributed by atoms with Crippen molar-refractivity contribution in [3.05, 3.63) is 0 Å². The quantitative estimate of drug-likeness (QED) is 0.182. The first kappa shape index (κ1) is 38.9. The number of aliphatic carboxylic acids is 1. The van der Waals surface area contributed by atoms with Crippen LogP contribution in [0.15, 0.2) is 0 Å². The molecule has 0 bridgehead atoms. The van der Waals surface area contributed by atoms with Crippen LogP contribution in [0.25, 0.3) is 0 Å². The number of carboxylic acids is 1. The molecule has 1 spiro atoms. The topological polar surface area (TPSA) is 164 Å². The fourth-order valence-electron chi connectivity index (χ4n) is 9.37. The van der Waals surface area contributed by atoms with Gasteiger partial charge in [0.05, 0.1) is 72.6 Å². The molecule has 4 heterocycles. The van der Waals surface area contributed by atoms with Crippen LogP contribution in [-0.4, -0.2) is 111 Å². The predicted octanol–water partition coefficient (Wildman–Crippen LogP) is 3.91. The van der Waals surface area contributed by atoms with E-state index < -0.39 is 59.4 Å². The number of aliphatic hydroxyl groups excluding tert-OH is 4. The molecule has 5 N–H and O–H groups in total. The molecule has 0 radical (unpaired) electrons. The van der Waals surface area contributed by atoms with Crippen molar-refractivity contribution in [1.29, 1.82) is 0 Å². The highest BCUT2D eigenvalue weighted by Crippen LogP contribution is 2.54. The fourth-order valence-corrected chi connectivity index (χ4v) is 9.37. The van der Waals surface area contributed by atoms with E-state index in [4.69, 9.17) is 23.7 Å². The van der Waals surface area contributed by atoms with Gasteiger partial charge in [0.2, 0.25) is 0 Å². The number of aliphatic hydroxyl groups is 4. The third kappa shape index (κ3) is 7.73. The number of ether oxygens (including phenoxy) is 5. The van der Waals surface area contributed by atoms with E-state index >= 15 is 0 Å². The van der Waals surface area contributed by atoms with Crippen molar-refractivity contribution in [2.75, 3.05) is 13.7 Å². The summed E-state index contributed by atoms with van der Waals surface area (Å²) in [6.07, 6.45) is 1.28. The van der Waals surface area contributed by atoms with Crippen LogP contribution >= 0.6 is 0 Å². The van der Waals surface area contributed by atoms with Gasteiger partial charge in [-0.2, -0.15) is 0 Å². The lowest BCUT2D eigenvalue weighted by Gasteiger charge is -2.48. The van der Waals surface area contributed by atoms with Gasteiger partial charge in [-0.05, 0) is 70.1 Å². The lowest BCUT2D eigenvalue weighted by Crippen LogP contribution is -2.57. The van der Waals surface area contributed by atoms with Gasteiger partial charge in [0.25, 0.3) is 0 Å². The first-order valence-electron chi connectivity index (χ1n) is 18.1. The van der Waals surface area contributed by atoms with Crippen LogP contribution < -0.4 is 0 Å². The summed E-state index contributed by atoms with van der Waals surface area (Å²) in [5.74, 6) is -3.28. The molecule has 1 unspecified atom stereocenters. The van der Waals surface area contributed by atoms with Gasteiger partial charge in [0.1, 0.15) is 0 Å². The first-order valence-corrected chi connectivity index (χ1v) is 18.1. The fraction of sp³-hybridized carbons (Fsp3) is 0.972. The van der Waals surface area contributed by atoms with Crippen molar-refractivity contribution < 1.29 is 54.0 Å². The maximum absolute atomic E-state index is 11.8. The summed E-state index contributed by atoms with van der Waals surface area (Å²) in [6.45, 7) is 15.4. The highest BCUT2D eigenvalue weighted by atomic mass is 16.7. The summed E-state index contributed by atoms with van der Waals surface area (Å²) < 4.78 is 33.0. The minimum absolute atomic E-state index is 0.106. The second-order valence-corrected chi connectivity index (χ2v) is 16.0. The van der Waals surface area contributed by atoms with Crippen molar-refractivity contribution >= 4 is 5.97 Å². The SMILES string of the molecule is CC[C@@]1([C@@H]2O[C@@H]([C@@H](O)[C@@H](C)C[C@@H](C)C(O)CO)C[C@@H]2C)CC[C@H]([C@]2(C)CC[C@]3(C[C@H](O)[C@@H](C)[C@@H]([C@@H](C)[C@@H](OC)[C@H](C)C(=O)O)O3)O2)O1. The van der Waals surface area contributed by atoms with Crippen LogP contribution in [-0.2, 0) is 28.5 Å². The molecule has 47 heavy (non-hydrogen) atoms. The smallest absolute Gasteiger partial charge is 0.308 e. The summed E-state index contributed by atoms with van der Waals surface area (Å²) in [7, 11) is 1.52. The molecule has 11 heteroatoms. The first-order chi connectivity index (χ1) is 22.0. The second-order valence-electron chi connectivity index (χ2n) is 16.0. The minimum Gasteiger partial charge on any atom is -0.481 e. The van der Waals surface area contributed by atoms with Gasteiger partial charge in [-0.3, -0.25) is 4.79 Å². The average molecular weight is 673 g/mol. The van der Waals surface area contributed by atoms with Gasteiger partial charge in [0.15, 0.2) is 5.79 Å². The minimum atomic E-state index is -1.01. The number of hydrogen-bond donors (Lipinski definition) is 5. The number of methoxy groups -OCH3 is 1. The van der Waals surface area contributed by atoms with Gasteiger partial charge in [-0.15, -0.1) is 0 Å². The van der Waals surface area contributed by atoms with Crippen molar-refractivity contribution in [3.63, 3.8) is 0 Å². The van der Waals surface area contributed by atoms with E-state index in [1.165, 1.54) is 7.11 Å². The van der Waals surface area contributed by atoms with E-state index in [1.54, 1.807) is 6.92 Å². The molecule has 4 aliphatic rings. The van der Waals surface area contributed by atoms with Gasteiger partial charge in [0, 0.05) is 31.8 Å². The molecule has 0 aromatic carbocycles. The zero-order valence-electron chi connectivity index (χ0n) is 30.1. The molecule has 11 nitrogen and oxygen atoms in total.